The van der Waals surface area contributed by atoms with Gasteiger partial charge in [0.15, 0.2) is 5.96 Å². The molecular formula is C39H66N12O12. The summed E-state index contributed by atoms with van der Waals surface area (Å²) in [6, 6.07) is -9.43. The van der Waals surface area contributed by atoms with E-state index < -0.39 is 126 Å². The summed E-state index contributed by atoms with van der Waals surface area (Å²) in [5.74, 6) is -9.79. The van der Waals surface area contributed by atoms with Crippen LogP contribution in [0.5, 0.6) is 0 Å². The van der Waals surface area contributed by atoms with Crippen molar-refractivity contribution in [3.05, 3.63) is 12.2 Å². The molecule has 0 radical (unpaired) electrons. The van der Waals surface area contributed by atoms with Crippen LogP contribution in [0.25, 0.3) is 0 Å². The summed E-state index contributed by atoms with van der Waals surface area (Å²) in [6.07, 6.45) is 1.44. The summed E-state index contributed by atoms with van der Waals surface area (Å²) in [4.78, 5) is 135. The fourth-order valence-electron chi connectivity index (χ4n) is 6.05. The number of guanidine groups is 1. The van der Waals surface area contributed by atoms with Gasteiger partial charge in [0.2, 0.25) is 53.2 Å². The van der Waals surface area contributed by atoms with Crippen molar-refractivity contribution in [3.63, 3.8) is 0 Å². The smallest absolute Gasteiger partial charge is 0.325 e. The average Bonchev–Trinajstić information content (AvgIpc) is 3.17. The minimum atomic E-state index is -1.64. The summed E-state index contributed by atoms with van der Waals surface area (Å²) >= 11 is 0. The highest BCUT2D eigenvalue weighted by Gasteiger charge is 2.35. The second-order valence-electron chi connectivity index (χ2n) is 16.0. The van der Waals surface area contributed by atoms with Gasteiger partial charge in [-0.05, 0) is 58.3 Å². The van der Waals surface area contributed by atoms with Gasteiger partial charge in [0.25, 0.3) is 0 Å². The van der Waals surface area contributed by atoms with Crippen LogP contribution in [0.4, 0.5) is 0 Å². The number of hydrogen-bond donors (Lipinski definition) is 12. The van der Waals surface area contributed by atoms with Gasteiger partial charge in [-0.1, -0.05) is 39.8 Å². The van der Waals surface area contributed by atoms with E-state index in [0.717, 1.165) is 4.90 Å². The zero-order valence-electron chi connectivity index (χ0n) is 36.9. The third kappa shape index (κ3) is 20.4. The second kappa shape index (κ2) is 26.9. The van der Waals surface area contributed by atoms with Gasteiger partial charge >= 0.3 is 5.97 Å². The van der Waals surface area contributed by atoms with E-state index in [2.05, 4.69) is 42.2 Å². The number of carboxylic acids is 1. The van der Waals surface area contributed by atoms with Gasteiger partial charge in [0, 0.05) is 19.5 Å². The highest BCUT2D eigenvalue weighted by Crippen LogP contribution is 2.11. The van der Waals surface area contributed by atoms with E-state index in [0.29, 0.717) is 0 Å². The van der Waals surface area contributed by atoms with Crippen LogP contribution >= 0.6 is 0 Å². The van der Waals surface area contributed by atoms with Crippen LogP contribution in [0.3, 0.4) is 0 Å². The number of aliphatic hydroxyl groups is 1. The predicted molar refractivity (Wildman–Crippen MR) is 227 cm³/mol. The molecule has 0 aromatic rings. The largest absolute Gasteiger partial charge is 0.480 e. The minimum absolute atomic E-state index is 0.0130. The number of primary amides is 1. The number of hydrogen-bond acceptors (Lipinski definition) is 12. The molecule has 1 aliphatic rings. The Labute approximate surface area is 366 Å². The third-order valence-electron chi connectivity index (χ3n) is 9.44. The summed E-state index contributed by atoms with van der Waals surface area (Å²) in [6.45, 7) is 9.84. The molecule has 354 valence electrons. The molecule has 0 aliphatic carbocycles. The molecule has 24 nitrogen and oxygen atoms in total. The Kier molecular flexibility index (Phi) is 23.3. The molecule has 0 fully saturated rings. The summed E-state index contributed by atoms with van der Waals surface area (Å²) < 4.78 is 0. The van der Waals surface area contributed by atoms with Gasteiger partial charge in [-0.15, -0.1) is 0 Å². The zero-order chi connectivity index (χ0) is 48.1. The van der Waals surface area contributed by atoms with E-state index in [1.165, 1.54) is 26.8 Å². The number of carbonyl (C=O) groups excluding carboxylic acids is 9. The first-order valence-corrected chi connectivity index (χ1v) is 20.6. The monoisotopic (exact) mass is 894 g/mol. The number of nitrogens with zero attached hydrogens (tertiary/aromatic N) is 2. The quantitative estimate of drug-likeness (QED) is 0.0212. The maximum absolute atomic E-state index is 13.8. The highest BCUT2D eigenvalue weighted by atomic mass is 16.4. The van der Waals surface area contributed by atoms with Crippen molar-refractivity contribution in [2.24, 2.45) is 34.0 Å². The molecule has 0 unspecified atom stereocenters. The number of rotatable bonds is 22. The van der Waals surface area contributed by atoms with Gasteiger partial charge in [-0.25, -0.2) is 0 Å². The van der Waals surface area contributed by atoms with Gasteiger partial charge in [0.1, 0.15) is 42.3 Å². The first-order chi connectivity index (χ1) is 29.3. The molecule has 0 bridgehead atoms. The van der Waals surface area contributed by atoms with Crippen LogP contribution in [0.2, 0.25) is 0 Å². The number of carboxylic acid groups (broad SMARTS) is 1. The molecule has 0 aromatic carbocycles. The second-order valence-corrected chi connectivity index (χ2v) is 16.0. The van der Waals surface area contributed by atoms with Crippen molar-refractivity contribution in [1.29, 1.82) is 0 Å². The van der Waals surface area contributed by atoms with Crippen molar-refractivity contribution in [1.82, 2.24) is 42.1 Å². The van der Waals surface area contributed by atoms with Gasteiger partial charge in [0.05, 0.1) is 19.1 Å². The Morgan fingerprint density at radius 2 is 1.43 bits per heavy atom. The number of aliphatic imine (C=N–C) groups is 1. The number of allylic oxidation sites excluding steroid dienone is 1. The number of amides is 9. The summed E-state index contributed by atoms with van der Waals surface area (Å²) in [7, 11) is 0. The predicted octanol–water partition coefficient (Wildman–Crippen LogP) is -4.31. The molecule has 1 rings (SSSR count). The number of carbonyl (C=O) groups is 10. The lowest BCUT2D eigenvalue weighted by Gasteiger charge is -2.29. The maximum atomic E-state index is 13.8. The molecule has 63 heavy (non-hydrogen) atoms. The molecule has 0 saturated heterocycles. The molecule has 0 saturated carbocycles. The number of nitrogens with two attached hydrogens (primary N) is 3. The third-order valence-corrected chi connectivity index (χ3v) is 9.44. The van der Waals surface area contributed by atoms with Crippen molar-refractivity contribution < 1.29 is 58.2 Å². The molecule has 24 heteroatoms. The van der Waals surface area contributed by atoms with E-state index in [9.17, 15) is 58.2 Å². The Balaban J connectivity index is 3.30. The van der Waals surface area contributed by atoms with Crippen LogP contribution in [0, 0.1) is 11.8 Å². The lowest BCUT2D eigenvalue weighted by atomic mass is 9.99. The summed E-state index contributed by atoms with van der Waals surface area (Å²) in [5.41, 5.74) is 16.2. The molecule has 0 spiro atoms. The van der Waals surface area contributed by atoms with E-state index in [-0.39, 0.29) is 57.1 Å². The Morgan fingerprint density at radius 1 is 0.825 bits per heavy atom. The fourth-order valence-corrected chi connectivity index (χ4v) is 6.05. The average molecular weight is 895 g/mol. The van der Waals surface area contributed by atoms with E-state index >= 15 is 0 Å². The number of aliphatic hydroxyl groups excluding tert-OH is 1. The van der Waals surface area contributed by atoms with Crippen LogP contribution in [-0.2, 0) is 47.9 Å². The first-order valence-electron chi connectivity index (χ1n) is 20.6. The molecule has 0 aromatic heterocycles. The van der Waals surface area contributed by atoms with Crippen molar-refractivity contribution in [2.75, 3.05) is 19.6 Å². The number of aliphatic carboxylic acids is 1. The normalized spacial score (nSPS) is 19.4. The van der Waals surface area contributed by atoms with Crippen molar-refractivity contribution >= 4 is 65.1 Å². The van der Waals surface area contributed by atoms with Crippen LogP contribution in [-0.4, -0.2) is 148 Å². The van der Waals surface area contributed by atoms with E-state index in [1.807, 2.05) is 0 Å². The van der Waals surface area contributed by atoms with Crippen LogP contribution < -0.4 is 54.4 Å². The van der Waals surface area contributed by atoms with Gasteiger partial charge in [-0.2, -0.15) is 0 Å². The molecule has 15 N–H and O–H groups in total. The maximum Gasteiger partial charge on any atom is 0.325 e. The van der Waals surface area contributed by atoms with Crippen LogP contribution in [0.1, 0.15) is 87.0 Å². The Bertz CT molecular complexity index is 1720. The van der Waals surface area contributed by atoms with Crippen LogP contribution in [0.15, 0.2) is 17.1 Å². The molecule has 1 aliphatic heterocycles. The molecule has 1 heterocycles. The van der Waals surface area contributed by atoms with E-state index in [1.54, 1.807) is 33.8 Å². The lowest BCUT2D eigenvalue weighted by Crippen LogP contribution is -2.60. The van der Waals surface area contributed by atoms with Gasteiger partial charge in [-0.3, -0.25) is 52.9 Å². The molecule has 9 amide bonds. The molecule has 8 atom stereocenters. The van der Waals surface area contributed by atoms with Crippen molar-refractivity contribution in [3.8, 4) is 0 Å². The first kappa shape index (κ1) is 54.7. The Morgan fingerprint density at radius 3 is 1.98 bits per heavy atom. The molecular weight excluding hydrogens is 829 g/mol. The van der Waals surface area contributed by atoms with Crippen molar-refractivity contribution in [2.45, 2.75) is 135 Å². The standard InChI is InChI=1S/C39H66N12O12/c1-19(2)16-25(34(58)50-30(20(3)4)35(59)47-24(12-11-14-43-39(41)42)32(56)45-22(6)38(62)63)48-33(57)26(17-27(40)53)46-29(55)18-51-15-10-8-9-13-28(54)49-31(23(7)52)36(60)44-21(5)37(51)61/h8,10,19-26,30-31,52H,9,11-18H2,1-7H3,(H2,40,53)(H,44,60)(H,45,56)(H,46,55)(H,47,59)(H,48,57)(H,49,54)(H,50,58)(H,62,63)(H4,41,42,43)/b10-8+/t21-,22-,23+,24-,25-,26-,30-,31-/m0/s1. The Hall–Kier alpha value is -6.33. The lowest BCUT2D eigenvalue weighted by molar-refractivity contribution is -0.142. The number of nitrogens with one attached hydrogen (secondary N) is 7. The fraction of sp³-hybridized carbons (Fsp3) is 0.667. The minimum Gasteiger partial charge on any atom is -0.480 e. The van der Waals surface area contributed by atoms with E-state index in [4.69, 9.17) is 17.2 Å². The SMILES string of the molecule is CC(C)C[C@H](NC(=O)[C@H](CC(N)=O)NC(=O)CN1C/C=C/CCC(=O)N[C@@H]([C@@H](C)O)C(=O)N[C@@H](C)C1=O)C(=O)N[C@H](C(=O)N[C@@H](CCCN=C(N)N)C(=O)N[C@@H](C)C(=O)O)C(C)C. The summed E-state index contributed by atoms with van der Waals surface area (Å²) in [5, 5.41) is 36.6. The van der Waals surface area contributed by atoms with Gasteiger partial charge < -0.3 is 69.5 Å². The highest BCUT2D eigenvalue weighted by molar-refractivity contribution is 5.98. The zero-order valence-corrected chi connectivity index (χ0v) is 36.9. The topological polar surface area (TPSA) is 389 Å².